The van der Waals surface area contributed by atoms with E-state index in [1.165, 1.54) is 0 Å². The summed E-state index contributed by atoms with van der Waals surface area (Å²) in [6, 6.07) is 14.8. The van der Waals surface area contributed by atoms with E-state index in [1.54, 1.807) is 38.7 Å². The number of phenols is 1. The molecule has 0 amide bonds. The van der Waals surface area contributed by atoms with Crippen molar-refractivity contribution in [1.82, 2.24) is 15.0 Å². The summed E-state index contributed by atoms with van der Waals surface area (Å²) in [5.74, 6) is 2.67. The van der Waals surface area contributed by atoms with Crippen LogP contribution < -0.4 is 20.1 Å². The predicted molar refractivity (Wildman–Crippen MR) is 125 cm³/mol. The van der Waals surface area contributed by atoms with Crippen LogP contribution in [-0.4, -0.2) is 40.8 Å². The first kappa shape index (κ1) is 21.2. The van der Waals surface area contributed by atoms with Crippen LogP contribution in [0, 0.1) is 0 Å². The van der Waals surface area contributed by atoms with Crippen molar-refractivity contribution in [2.75, 3.05) is 31.4 Å². The number of hydrogen-bond acceptors (Lipinski definition) is 8. The highest BCUT2D eigenvalue weighted by atomic mass is 16.5. The first-order valence-corrected chi connectivity index (χ1v) is 10.2. The van der Waals surface area contributed by atoms with Crippen molar-refractivity contribution in [3.8, 4) is 17.2 Å². The number of phenolic OH excluding ortho intramolecular Hbond substituents is 1. The fourth-order valence-corrected chi connectivity index (χ4v) is 3.34. The Hall–Kier alpha value is -4.07. The molecule has 0 radical (unpaired) electrons. The zero-order chi connectivity index (χ0) is 22.3. The summed E-state index contributed by atoms with van der Waals surface area (Å²) < 4.78 is 10.9. The summed E-state index contributed by atoms with van der Waals surface area (Å²) >= 11 is 0. The summed E-state index contributed by atoms with van der Waals surface area (Å²) in [7, 11) is 3.20. The minimum absolute atomic E-state index is 0.258. The molecule has 8 nitrogen and oxygen atoms in total. The smallest absolute Gasteiger partial charge is 0.225 e. The third kappa shape index (κ3) is 4.97. The second kappa shape index (κ2) is 9.82. The maximum Gasteiger partial charge on any atom is 0.225 e. The Morgan fingerprint density at radius 3 is 2.41 bits per heavy atom. The molecule has 0 aliphatic heterocycles. The van der Waals surface area contributed by atoms with Gasteiger partial charge in [0.15, 0.2) is 11.5 Å². The van der Waals surface area contributed by atoms with E-state index in [9.17, 15) is 5.11 Å². The van der Waals surface area contributed by atoms with Gasteiger partial charge in [-0.05, 0) is 41.8 Å². The van der Waals surface area contributed by atoms with Crippen LogP contribution in [0.25, 0.3) is 10.9 Å². The zero-order valence-electron chi connectivity index (χ0n) is 18.0. The molecule has 0 spiro atoms. The van der Waals surface area contributed by atoms with Gasteiger partial charge in [-0.25, -0.2) is 4.98 Å². The van der Waals surface area contributed by atoms with E-state index >= 15 is 0 Å². The lowest BCUT2D eigenvalue weighted by atomic mass is 10.1. The van der Waals surface area contributed by atoms with Crippen LogP contribution in [0.4, 0.5) is 11.8 Å². The topological polar surface area (TPSA) is 101 Å². The number of fused-ring (bicyclic) bond motifs is 1. The van der Waals surface area contributed by atoms with Gasteiger partial charge in [0.1, 0.15) is 11.6 Å². The SMILES string of the molecule is COc1cc2nc(NCc3cccnc3)nc(NCCc3ccc(O)cc3)c2cc1OC. The van der Waals surface area contributed by atoms with Gasteiger partial charge in [0.2, 0.25) is 5.95 Å². The number of hydrogen-bond donors (Lipinski definition) is 3. The number of aromatic hydroxyl groups is 1. The quantitative estimate of drug-likeness (QED) is 0.365. The fourth-order valence-electron chi connectivity index (χ4n) is 3.34. The van der Waals surface area contributed by atoms with Gasteiger partial charge in [-0.1, -0.05) is 18.2 Å². The van der Waals surface area contributed by atoms with Crippen LogP contribution in [0.1, 0.15) is 11.1 Å². The van der Waals surface area contributed by atoms with E-state index in [4.69, 9.17) is 14.5 Å². The number of benzene rings is 2. The van der Waals surface area contributed by atoms with E-state index in [0.717, 1.165) is 28.5 Å². The lowest BCUT2D eigenvalue weighted by molar-refractivity contribution is 0.356. The Kier molecular flexibility index (Phi) is 6.50. The van der Waals surface area contributed by atoms with Crippen LogP contribution in [0.3, 0.4) is 0 Å². The predicted octanol–water partition coefficient (Wildman–Crippen LogP) is 4.01. The summed E-state index contributed by atoms with van der Waals surface area (Å²) in [6.45, 7) is 1.22. The van der Waals surface area contributed by atoms with Crippen molar-refractivity contribution < 1.29 is 14.6 Å². The lowest BCUT2D eigenvalue weighted by Gasteiger charge is -2.14. The number of pyridine rings is 1. The molecule has 164 valence electrons. The van der Waals surface area contributed by atoms with Crippen LogP contribution in [0.2, 0.25) is 0 Å². The molecule has 0 bridgehead atoms. The van der Waals surface area contributed by atoms with E-state index in [2.05, 4.69) is 20.6 Å². The first-order valence-electron chi connectivity index (χ1n) is 10.2. The van der Waals surface area contributed by atoms with E-state index < -0.39 is 0 Å². The Morgan fingerprint density at radius 1 is 0.906 bits per heavy atom. The summed E-state index contributed by atoms with van der Waals surface area (Å²) in [6.07, 6.45) is 4.32. The standard InChI is InChI=1S/C24H25N5O3/c1-31-21-12-19-20(13-22(21)32-2)28-24(27-15-17-4-3-10-25-14-17)29-23(19)26-11-9-16-5-7-18(30)8-6-16/h3-8,10,12-14,30H,9,11,15H2,1-2H3,(H2,26,27,28,29). The molecular formula is C24H25N5O3. The van der Waals surface area contributed by atoms with Crippen LogP contribution in [0.15, 0.2) is 60.9 Å². The molecule has 2 heterocycles. The largest absolute Gasteiger partial charge is 0.508 e. The molecule has 0 aliphatic rings. The Balaban J connectivity index is 1.61. The summed E-state index contributed by atoms with van der Waals surface area (Å²) in [4.78, 5) is 13.5. The van der Waals surface area contributed by atoms with Crippen LogP contribution >= 0.6 is 0 Å². The molecule has 3 N–H and O–H groups in total. The molecule has 8 heteroatoms. The van der Waals surface area contributed by atoms with Crippen molar-refractivity contribution in [3.05, 3.63) is 72.1 Å². The molecule has 0 saturated heterocycles. The molecule has 0 unspecified atom stereocenters. The lowest BCUT2D eigenvalue weighted by Crippen LogP contribution is -2.10. The Bertz CT molecular complexity index is 1180. The number of ether oxygens (including phenoxy) is 2. The van der Waals surface area contributed by atoms with Gasteiger partial charge >= 0.3 is 0 Å². The highest BCUT2D eigenvalue weighted by molar-refractivity contribution is 5.92. The third-order valence-corrected chi connectivity index (χ3v) is 5.02. The highest BCUT2D eigenvalue weighted by Gasteiger charge is 2.13. The molecule has 0 atom stereocenters. The Morgan fingerprint density at radius 2 is 1.69 bits per heavy atom. The summed E-state index contributed by atoms with van der Waals surface area (Å²) in [5, 5.41) is 17.0. The number of aromatic nitrogens is 3. The average Bonchev–Trinajstić information content (AvgIpc) is 2.83. The Labute approximate surface area is 186 Å². The number of nitrogens with one attached hydrogen (secondary N) is 2. The maximum atomic E-state index is 9.47. The van der Waals surface area contributed by atoms with Gasteiger partial charge in [-0.2, -0.15) is 4.98 Å². The third-order valence-electron chi connectivity index (χ3n) is 5.02. The van der Waals surface area contributed by atoms with E-state index in [1.807, 2.05) is 36.4 Å². The fraction of sp³-hybridized carbons (Fsp3) is 0.208. The van der Waals surface area contributed by atoms with E-state index in [0.29, 0.717) is 36.4 Å². The van der Waals surface area contributed by atoms with E-state index in [-0.39, 0.29) is 5.75 Å². The molecule has 0 fully saturated rings. The van der Waals surface area contributed by atoms with Crippen molar-refractivity contribution in [2.24, 2.45) is 0 Å². The van der Waals surface area contributed by atoms with Gasteiger partial charge in [-0.15, -0.1) is 0 Å². The average molecular weight is 431 g/mol. The summed E-state index contributed by atoms with van der Waals surface area (Å²) in [5.41, 5.74) is 2.88. The molecule has 4 rings (SSSR count). The van der Waals surface area contributed by atoms with Gasteiger partial charge in [0.05, 0.1) is 19.7 Å². The second-order valence-electron chi connectivity index (χ2n) is 7.18. The second-order valence-corrected chi connectivity index (χ2v) is 7.18. The van der Waals surface area contributed by atoms with Crippen molar-refractivity contribution in [2.45, 2.75) is 13.0 Å². The molecule has 2 aromatic heterocycles. The first-order chi connectivity index (χ1) is 15.7. The number of rotatable bonds is 9. The molecular weight excluding hydrogens is 406 g/mol. The highest BCUT2D eigenvalue weighted by Crippen LogP contribution is 2.34. The molecule has 0 aliphatic carbocycles. The molecule has 32 heavy (non-hydrogen) atoms. The monoisotopic (exact) mass is 431 g/mol. The van der Waals surface area contributed by atoms with Gasteiger partial charge in [-0.3, -0.25) is 4.98 Å². The normalized spacial score (nSPS) is 10.7. The number of nitrogens with zero attached hydrogens (tertiary/aromatic N) is 3. The van der Waals surface area contributed by atoms with Crippen LogP contribution in [-0.2, 0) is 13.0 Å². The van der Waals surface area contributed by atoms with Gasteiger partial charge in [0.25, 0.3) is 0 Å². The number of methoxy groups -OCH3 is 2. The van der Waals surface area contributed by atoms with Crippen molar-refractivity contribution in [3.63, 3.8) is 0 Å². The minimum Gasteiger partial charge on any atom is -0.508 e. The molecule has 4 aromatic rings. The van der Waals surface area contributed by atoms with Gasteiger partial charge < -0.3 is 25.2 Å². The van der Waals surface area contributed by atoms with Crippen molar-refractivity contribution in [1.29, 1.82) is 0 Å². The minimum atomic E-state index is 0.258. The van der Waals surface area contributed by atoms with Crippen molar-refractivity contribution >= 4 is 22.7 Å². The number of anilines is 2. The zero-order valence-corrected chi connectivity index (χ0v) is 18.0. The van der Waals surface area contributed by atoms with Gasteiger partial charge in [0, 0.05) is 36.9 Å². The molecule has 2 aromatic carbocycles. The van der Waals surface area contributed by atoms with Crippen LogP contribution in [0.5, 0.6) is 17.2 Å². The molecule has 0 saturated carbocycles. The maximum absolute atomic E-state index is 9.47.